The van der Waals surface area contributed by atoms with Crippen molar-refractivity contribution in [1.82, 2.24) is 19.8 Å². The summed E-state index contributed by atoms with van der Waals surface area (Å²) in [7, 11) is 0. The first kappa shape index (κ1) is 14.7. The third-order valence-corrected chi connectivity index (χ3v) is 5.09. The summed E-state index contributed by atoms with van der Waals surface area (Å²) in [6.45, 7) is 1.78. The summed E-state index contributed by atoms with van der Waals surface area (Å²) in [5.74, 6) is 7.93. The first-order valence-corrected chi connectivity index (χ1v) is 8.85. The van der Waals surface area contributed by atoms with Crippen molar-refractivity contribution in [2.24, 2.45) is 0 Å². The first-order valence-electron chi connectivity index (χ1n) is 7.86. The molecule has 1 saturated carbocycles. The van der Waals surface area contributed by atoms with Gasteiger partial charge in [-0.3, -0.25) is 4.79 Å². The van der Waals surface area contributed by atoms with Crippen molar-refractivity contribution >= 4 is 17.7 Å². The summed E-state index contributed by atoms with van der Waals surface area (Å²) in [6, 6.07) is 0. The van der Waals surface area contributed by atoms with Gasteiger partial charge in [0.1, 0.15) is 0 Å². The predicted octanol–water partition coefficient (Wildman–Crippen LogP) is 1.75. The smallest absolute Gasteiger partial charge is 0.233 e. The largest absolute Gasteiger partial charge is 0.342 e. The van der Waals surface area contributed by atoms with Crippen LogP contribution in [-0.4, -0.2) is 44.5 Å². The van der Waals surface area contributed by atoms with E-state index in [0.717, 1.165) is 44.6 Å². The van der Waals surface area contributed by atoms with Crippen LogP contribution in [-0.2, 0) is 4.79 Å². The topological polar surface area (TPSA) is 77.0 Å². The van der Waals surface area contributed by atoms with E-state index in [4.69, 9.17) is 5.84 Å². The first-order chi connectivity index (χ1) is 10.3. The van der Waals surface area contributed by atoms with Crippen LogP contribution < -0.4 is 5.84 Å². The second-order valence-electron chi connectivity index (χ2n) is 5.92. The van der Waals surface area contributed by atoms with Gasteiger partial charge >= 0.3 is 0 Å². The van der Waals surface area contributed by atoms with E-state index in [2.05, 4.69) is 10.2 Å². The predicted molar refractivity (Wildman–Crippen MR) is 82.5 cm³/mol. The Kier molecular flexibility index (Phi) is 4.67. The Balaban J connectivity index is 1.52. The maximum Gasteiger partial charge on any atom is 0.233 e. The Morgan fingerprint density at radius 1 is 1.14 bits per heavy atom. The molecule has 1 saturated heterocycles. The van der Waals surface area contributed by atoms with Crippen LogP contribution in [0.4, 0.5) is 0 Å². The zero-order valence-corrected chi connectivity index (χ0v) is 13.1. The number of carbonyl (C=O) groups is 1. The zero-order chi connectivity index (χ0) is 14.7. The molecule has 2 aliphatic rings. The minimum Gasteiger partial charge on any atom is -0.342 e. The Morgan fingerprint density at radius 3 is 2.48 bits per heavy atom. The summed E-state index contributed by atoms with van der Waals surface area (Å²) in [5, 5.41) is 8.90. The number of likely N-dealkylation sites (tertiary alicyclic amines) is 1. The number of thioether (sulfide) groups is 1. The summed E-state index contributed by atoms with van der Waals surface area (Å²) in [4.78, 5) is 14.3. The molecule has 0 radical (unpaired) electrons. The van der Waals surface area contributed by atoms with E-state index in [1.54, 1.807) is 4.68 Å². The minimum absolute atomic E-state index is 0.192. The molecule has 0 unspecified atom stereocenters. The van der Waals surface area contributed by atoms with Crippen molar-refractivity contribution in [1.29, 1.82) is 0 Å². The minimum atomic E-state index is 0.192. The molecule has 0 bridgehead atoms. The van der Waals surface area contributed by atoms with Gasteiger partial charge < -0.3 is 10.7 Å². The van der Waals surface area contributed by atoms with E-state index >= 15 is 0 Å². The lowest BCUT2D eigenvalue weighted by atomic mass is 10.1. The van der Waals surface area contributed by atoms with Crippen molar-refractivity contribution in [3.05, 3.63) is 5.82 Å². The van der Waals surface area contributed by atoms with Gasteiger partial charge in [-0.2, -0.15) is 0 Å². The van der Waals surface area contributed by atoms with Gasteiger partial charge in [-0.05, 0) is 25.7 Å². The molecule has 0 aromatic carbocycles. The van der Waals surface area contributed by atoms with E-state index in [9.17, 15) is 4.79 Å². The monoisotopic (exact) mass is 309 g/mol. The molecule has 1 aromatic heterocycles. The highest BCUT2D eigenvalue weighted by molar-refractivity contribution is 7.99. The van der Waals surface area contributed by atoms with E-state index < -0.39 is 0 Å². The van der Waals surface area contributed by atoms with Gasteiger partial charge in [0, 0.05) is 19.0 Å². The van der Waals surface area contributed by atoms with Crippen molar-refractivity contribution in [3.63, 3.8) is 0 Å². The highest BCUT2D eigenvalue weighted by Crippen LogP contribution is 2.39. The second-order valence-corrected chi connectivity index (χ2v) is 6.86. The molecule has 1 aliphatic carbocycles. The van der Waals surface area contributed by atoms with Gasteiger partial charge in [0.15, 0.2) is 5.82 Å². The van der Waals surface area contributed by atoms with Gasteiger partial charge in [0.2, 0.25) is 11.1 Å². The van der Waals surface area contributed by atoms with E-state index in [1.807, 2.05) is 4.90 Å². The Labute approximate surface area is 129 Å². The number of nitrogens with two attached hydrogens (primary N) is 1. The molecule has 1 amide bonds. The lowest BCUT2D eigenvalue weighted by Crippen LogP contribution is -2.35. The van der Waals surface area contributed by atoms with Crippen LogP contribution in [0.3, 0.4) is 0 Å². The van der Waals surface area contributed by atoms with Crippen molar-refractivity contribution in [2.45, 2.75) is 56.0 Å². The number of aromatic nitrogens is 3. The summed E-state index contributed by atoms with van der Waals surface area (Å²) in [6.07, 6.45) is 8.30. The number of rotatable bonds is 4. The molecule has 1 aromatic rings. The maximum absolute atomic E-state index is 12.3. The highest BCUT2D eigenvalue weighted by atomic mass is 32.2. The molecule has 7 heteroatoms. The fourth-order valence-electron chi connectivity index (χ4n) is 2.72. The van der Waals surface area contributed by atoms with Crippen LogP contribution in [0, 0.1) is 0 Å². The Hall–Kier alpha value is -1.24. The lowest BCUT2D eigenvalue weighted by molar-refractivity contribution is -0.128. The van der Waals surface area contributed by atoms with Gasteiger partial charge in [0.05, 0.1) is 5.75 Å². The Morgan fingerprint density at radius 2 is 1.81 bits per heavy atom. The number of hydrogen-bond acceptors (Lipinski definition) is 5. The van der Waals surface area contributed by atoms with Crippen LogP contribution in [0.2, 0.25) is 0 Å². The fourth-order valence-corrected chi connectivity index (χ4v) is 3.49. The summed E-state index contributed by atoms with van der Waals surface area (Å²) < 4.78 is 1.56. The summed E-state index contributed by atoms with van der Waals surface area (Å²) >= 11 is 1.40. The third kappa shape index (κ3) is 3.70. The molecule has 1 aliphatic heterocycles. The highest BCUT2D eigenvalue weighted by Gasteiger charge is 2.30. The van der Waals surface area contributed by atoms with Crippen molar-refractivity contribution in [3.8, 4) is 0 Å². The van der Waals surface area contributed by atoms with Crippen LogP contribution in [0.15, 0.2) is 5.16 Å². The molecule has 2 N–H and O–H groups in total. The normalized spacial score (nSPS) is 20.1. The summed E-state index contributed by atoms with van der Waals surface area (Å²) in [5.41, 5.74) is 0. The van der Waals surface area contributed by atoms with E-state index in [1.165, 1.54) is 31.0 Å². The van der Waals surface area contributed by atoms with E-state index in [-0.39, 0.29) is 5.91 Å². The SMILES string of the molecule is Nn1c(SCC(=O)N2CCCCCCC2)nnc1C1CC1. The molecule has 2 heterocycles. The second kappa shape index (κ2) is 6.68. The molecule has 0 spiro atoms. The maximum atomic E-state index is 12.3. The number of nitrogen functional groups attached to an aromatic ring is 1. The average Bonchev–Trinajstić information content (AvgIpc) is 3.20. The average molecular weight is 309 g/mol. The number of carbonyl (C=O) groups excluding carboxylic acids is 1. The third-order valence-electron chi connectivity index (χ3n) is 4.17. The van der Waals surface area contributed by atoms with Crippen molar-refractivity contribution in [2.75, 3.05) is 24.7 Å². The standard InChI is InChI=1S/C14H23N5OS/c15-19-13(11-6-7-11)16-17-14(19)21-10-12(20)18-8-4-2-1-3-5-9-18/h11H,1-10,15H2. The molecule has 3 rings (SSSR count). The van der Waals surface area contributed by atoms with Crippen LogP contribution in [0.1, 0.15) is 56.7 Å². The van der Waals surface area contributed by atoms with Crippen LogP contribution in [0.25, 0.3) is 0 Å². The van der Waals surface area contributed by atoms with Gasteiger partial charge in [0.25, 0.3) is 0 Å². The van der Waals surface area contributed by atoms with Gasteiger partial charge in [-0.25, -0.2) is 4.68 Å². The van der Waals surface area contributed by atoms with Crippen molar-refractivity contribution < 1.29 is 4.79 Å². The van der Waals surface area contributed by atoms with Crippen LogP contribution in [0.5, 0.6) is 0 Å². The fraction of sp³-hybridized carbons (Fsp3) is 0.786. The molecule has 0 atom stereocenters. The molecule has 116 valence electrons. The quantitative estimate of drug-likeness (QED) is 0.677. The van der Waals surface area contributed by atoms with Gasteiger partial charge in [-0.1, -0.05) is 31.0 Å². The molecule has 21 heavy (non-hydrogen) atoms. The molecule has 6 nitrogen and oxygen atoms in total. The lowest BCUT2D eigenvalue weighted by Gasteiger charge is -2.24. The number of hydrogen-bond donors (Lipinski definition) is 1. The van der Waals surface area contributed by atoms with E-state index in [0.29, 0.717) is 16.8 Å². The number of amides is 1. The number of nitrogens with zero attached hydrogens (tertiary/aromatic N) is 4. The molecular formula is C14H23N5OS. The molecular weight excluding hydrogens is 286 g/mol. The van der Waals surface area contributed by atoms with Crippen LogP contribution >= 0.6 is 11.8 Å². The Bertz CT molecular complexity index is 492. The zero-order valence-electron chi connectivity index (χ0n) is 12.3. The molecule has 2 fully saturated rings. The van der Waals surface area contributed by atoms with Gasteiger partial charge in [-0.15, -0.1) is 10.2 Å².